The van der Waals surface area contributed by atoms with Crippen molar-refractivity contribution >= 4 is 0 Å². The molecule has 0 saturated heterocycles. The molecule has 3 nitrogen and oxygen atoms in total. The van der Waals surface area contributed by atoms with E-state index in [2.05, 4.69) is 69.1 Å². The number of benzene rings is 1. The second-order valence-electron chi connectivity index (χ2n) is 6.45. The molecule has 1 N–H and O–H groups in total. The summed E-state index contributed by atoms with van der Waals surface area (Å²) in [5.41, 5.74) is 2.75. The van der Waals surface area contributed by atoms with Gasteiger partial charge in [-0.1, -0.05) is 38.1 Å². The Morgan fingerprint density at radius 1 is 1.05 bits per heavy atom. The average Bonchev–Trinajstić information content (AvgIpc) is 2.45. The van der Waals surface area contributed by atoms with Crippen LogP contribution in [0.15, 0.2) is 24.3 Å². The molecule has 0 fully saturated rings. The molecule has 0 atom stereocenters. The zero-order valence-corrected chi connectivity index (χ0v) is 14.4. The predicted molar refractivity (Wildman–Crippen MR) is 90.5 cm³/mol. The summed E-state index contributed by atoms with van der Waals surface area (Å²) in [4.78, 5) is 2.38. The SMILES string of the molecule is CCN(CC)CCOCc1ccccc1CNC(C)(C)C. The van der Waals surface area contributed by atoms with Crippen molar-refractivity contribution in [2.75, 3.05) is 26.2 Å². The molecule has 1 aromatic rings. The van der Waals surface area contributed by atoms with Crippen LogP contribution in [-0.4, -0.2) is 36.7 Å². The fourth-order valence-corrected chi connectivity index (χ4v) is 2.15. The Balaban J connectivity index is 2.44. The van der Waals surface area contributed by atoms with Crippen LogP contribution in [0.5, 0.6) is 0 Å². The third-order valence-electron chi connectivity index (χ3n) is 3.63. The summed E-state index contributed by atoms with van der Waals surface area (Å²) in [6.45, 7) is 16.5. The Morgan fingerprint density at radius 2 is 1.67 bits per heavy atom. The van der Waals surface area contributed by atoms with Gasteiger partial charge in [0.15, 0.2) is 0 Å². The molecule has 0 unspecified atom stereocenters. The predicted octanol–water partition coefficient (Wildman–Crippen LogP) is 3.43. The molecule has 0 amide bonds. The summed E-state index contributed by atoms with van der Waals surface area (Å²) in [6.07, 6.45) is 0. The minimum atomic E-state index is 0.136. The first-order valence-corrected chi connectivity index (χ1v) is 8.08. The Labute approximate surface area is 130 Å². The van der Waals surface area contributed by atoms with Gasteiger partial charge in [0.1, 0.15) is 0 Å². The molecule has 3 heteroatoms. The quantitative estimate of drug-likeness (QED) is 0.706. The first-order chi connectivity index (χ1) is 9.96. The second kappa shape index (κ2) is 9.19. The molecule has 1 aromatic carbocycles. The lowest BCUT2D eigenvalue weighted by atomic mass is 10.1. The van der Waals surface area contributed by atoms with E-state index >= 15 is 0 Å². The van der Waals surface area contributed by atoms with Gasteiger partial charge in [-0.15, -0.1) is 0 Å². The molecule has 0 aromatic heterocycles. The van der Waals surface area contributed by atoms with Gasteiger partial charge in [-0.05, 0) is 45.0 Å². The van der Waals surface area contributed by atoms with Gasteiger partial charge in [0, 0.05) is 18.6 Å². The number of hydrogen-bond donors (Lipinski definition) is 1. The molecular formula is C18H32N2O. The number of hydrogen-bond acceptors (Lipinski definition) is 3. The molecule has 1 rings (SSSR count). The average molecular weight is 292 g/mol. The smallest absolute Gasteiger partial charge is 0.0720 e. The van der Waals surface area contributed by atoms with E-state index in [1.54, 1.807) is 0 Å². The third-order valence-corrected chi connectivity index (χ3v) is 3.63. The van der Waals surface area contributed by atoms with Crippen LogP contribution in [0.2, 0.25) is 0 Å². The largest absolute Gasteiger partial charge is 0.375 e. The summed E-state index contributed by atoms with van der Waals surface area (Å²) >= 11 is 0. The fraction of sp³-hybridized carbons (Fsp3) is 0.667. The highest BCUT2D eigenvalue weighted by Gasteiger charge is 2.10. The highest BCUT2D eigenvalue weighted by molar-refractivity contribution is 5.26. The van der Waals surface area contributed by atoms with E-state index in [1.165, 1.54) is 11.1 Å². The molecular weight excluding hydrogens is 260 g/mol. The van der Waals surface area contributed by atoms with Crippen LogP contribution in [0.25, 0.3) is 0 Å². The highest BCUT2D eigenvalue weighted by atomic mass is 16.5. The zero-order valence-electron chi connectivity index (χ0n) is 14.4. The van der Waals surface area contributed by atoms with E-state index in [4.69, 9.17) is 4.74 Å². The van der Waals surface area contributed by atoms with Gasteiger partial charge in [-0.2, -0.15) is 0 Å². The Kier molecular flexibility index (Phi) is 7.94. The lowest BCUT2D eigenvalue weighted by Gasteiger charge is -2.22. The second-order valence-corrected chi connectivity index (χ2v) is 6.45. The van der Waals surface area contributed by atoms with E-state index in [0.29, 0.717) is 6.61 Å². The van der Waals surface area contributed by atoms with Crippen LogP contribution in [0.1, 0.15) is 45.7 Å². The van der Waals surface area contributed by atoms with Gasteiger partial charge in [0.2, 0.25) is 0 Å². The summed E-state index contributed by atoms with van der Waals surface area (Å²) in [7, 11) is 0. The normalized spacial score (nSPS) is 12.1. The lowest BCUT2D eigenvalue weighted by molar-refractivity contribution is 0.0951. The van der Waals surface area contributed by atoms with Gasteiger partial charge in [0.05, 0.1) is 13.2 Å². The molecule has 0 aliphatic heterocycles. The third kappa shape index (κ3) is 7.60. The van der Waals surface area contributed by atoms with Crippen molar-refractivity contribution in [3.05, 3.63) is 35.4 Å². The van der Waals surface area contributed by atoms with Gasteiger partial charge in [-0.25, -0.2) is 0 Å². The van der Waals surface area contributed by atoms with Crippen molar-refractivity contribution in [3.63, 3.8) is 0 Å². The van der Waals surface area contributed by atoms with E-state index in [1.807, 2.05) is 0 Å². The number of nitrogens with zero attached hydrogens (tertiary/aromatic N) is 1. The van der Waals surface area contributed by atoms with Crippen LogP contribution < -0.4 is 5.32 Å². The Hall–Kier alpha value is -0.900. The molecule has 21 heavy (non-hydrogen) atoms. The van der Waals surface area contributed by atoms with Gasteiger partial charge in [-0.3, -0.25) is 0 Å². The molecule has 0 aliphatic carbocycles. The molecule has 0 spiro atoms. The molecule has 0 saturated carbocycles. The summed E-state index contributed by atoms with van der Waals surface area (Å²) in [5.74, 6) is 0. The van der Waals surface area contributed by atoms with E-state index in [0.717, 1.165) is 32.8 Å². The van der Waals surface area contributed by atoms with Crippen molar-refractivity contribution in [1.29, 1.82) is 0 Å². The van der Waals surface area contributed by atoms with Crippen LogP contribution >= 0.6 is 0 Å². The number of rotatable bonds is 9. The topological polar surface area (TPSA) is 24.5 Å². The summed E-state index contributed by atoms with van der Waals surface area (Å²) in [5, 5.41) is 3.54. The van der Waals surface area contributed by atoms with Gasteiger partial charge < -0.3 is 15.0 Å². The standard InChI is InChI=1S/C18H32N2O/c1-6-20(7-2)12-13-21-15-17-11-9-8-10-16(17)14-19-18(3,4)5/h8-11,19H,6-7,12-15H2,1-5H3. The lowest BCUT2D eigenvalue weighted by Crippen LogP contribution is -2.35. The Morgan fingerprint density at radius 3 is 2.24 bits per heavy atom. The maximum atomic E-state index is 5.86. The molecule has 0 bridgehead atoms. The zero-order chi connectivity index (χ0) is 15.7. The number of nitrogens with one attached hydrogen (secondary N) is 1. The maximum absolute atomic E-state index is 5.86. The monoisotopic (exact) mass is 292 g/mol. The summed E-state index contributed by atoms with van der Waals surface area (Å²) in [6, 6.07) is 8.53. The summed E-state index contributed by atoms with van der Waals surface area (Å²) < 4.78 is 5.86. The van der Waals surface area contributed by atoms with Crippen LogP contribution in [0.4, 0.5) is 0 Å². The first-order valence-electron chi connectivity index (χ1n) is 8.08. The first kappa shape index (κ1) is 18.1. The van der Waals surface area contributed by atoms with Crippen LogP contribution in [-0.2, 0) is 17.9 Å². The fourth-order valence-electron chi connectivity index (χ4n) is 2.15. The van der Waals surface area contributed by atoms with Crippen molar-refractivity contribution < 1.29 is 4.74 Å². The van der Waals surface area contributed by atoms with Crippen molar-refractivity contribution in [2.45, 2.75) is 53.3 Å². The van der Waals surface area contributed by atoms with Crippen molar-refractivity contribution in [2.24, 2.45) is 0 Å². The van der Waals surface area contributed by atoms with Gasteiger partial charge in [0.25, 0.3) is 0 Å². The minimum absolute atomic E-state index is 0.136. The van der Waals surface area contributed by atoms with E-state index < -0.39 is 0 Å². The van der Waals surface area contributed by atoms with Gasteiger partial charge >= 0.3 is 0 Å². The Bertz CT molecular complexity index is 394. The van der Waals surface area contributed by atoms with Crippen molar-refractivity contribution in [3.8, 4) is 0 Å². The number of ether oxygens (including phenoxy) is 1. The van der Waals surface area contributed by atoms with E-state index in [9.17, 15) is 0 Å². The molecule has 120 valence electrons. The van der Waals surface area contributed by atoms with Crippen LogP contribution in [0, 0.1) is 0 Å². The van der Waals surface area contributed by atoms with E-state index in [-0.39, 0.29) is 5.54 Å². The maximum Gasteiger partial charge on any atom is 0.0720 e. The van der Waals surface area contributed by atoms with Crippen molar-refractivity contribution in [1.82, 2.24) is 10.2 Å². The number of likely N-dealkylation sites (N-methyl/N-ethyl adjacent to an activating group) is 1. The molecule has 0 heterocycles. The minimum Gasteiger partial charge on any atom is -0.375 e. The molecule has 0 aliphatic rings. The van der Waals surface area contributed by atoms with Crippen LogP contribution in [0.3, 0.4) is 0 Å². The highest BCUT2D eigenvalue weighted by Crippen LogP contribution is 2.12. The molecule has 0 radical (unpaired) electrons.